The third-order valence-electron chi connectivity index (χ3n) is 8.61. The zero-order chi connectivity index (χ0) is 39.3. The fourth-order valence-corrected chi connectivity index (χ4v) is 6.15. The van der Waals surface area contributed by atoms with E-state index in [2.05, 4.69) is 31.0 Å². The minimum absolute atomic E-state index is 0.0206. The van der Waals surface area contributed by atoms with Gasteiger partial charge in [-0.1, -0.05) is 64.4 Å². The molecule has 2 aliphatic heterocycles. The van der Waals surface area contributed by atoms with Crippen molar-refractivity contribution >= 4 is 41.1 Å². The number of amides is 2. The summed E-state index contributed by atoms with van der Waals surface area (Å²) < 4.78 is 18.0. The van der Waals surface area contributed by atoms with Crippen LogP contribution in [0.25, 0.3) is 0 Å². The van der Waals surface area contributed by atoms with Gasteiger partial charge in [0, 0.05) is 70.5 Å². The number of aryl methyl sites for hydroxylation is 1. The van der Waals surface area contributed by atoms with E-state index in [1.807, 2.05) is 61.0 Å². The van der Waals surface area contributed by atoms with Crippen LogP contribution in [-0.2, 0) is 19.1 Å². The summed E-state index contributed by atoms with van der Waals surface area (Å²) in [6.07, 6.45) is 9.21. The Bertz CT molecular complexity index is 1200. The molecule has 0 saturated carbocycles. The number of ketones is 1. The maximum Gasteiger partial charge on any atom is 0.223 e. The van der Waals surface area contributed by atoms with Gasteiger partial charge in [0.1, 0.15) is 11.6 Å². The van der Waals surface area contributed by atoms with Crippen molar-refractivity contribution in [2.24, 2.45) is 0 Å². The van der Waals surface area contributed by atoms with Crippen LogP contribution in [0.1, 0.15) is 105 Å². The number of para-hydroxylation sites is 1. The number of nitrogens with zero attached hydrogens (tertiary/aromatic N) is 3. The number of Topliss-reactive ketones (excluding diaryl/α,β-unsaturated/α-hetero) is 1. The number of carbonyl (C=O) groups is 3. The molecule has 9 nitrogen and oxygen atoms in total. The number of nitrogens with two attached hydrogens (primary N) is 1. The number of hydrogen-bond acceptors (Lipinski definition) is 7. The number of benzene rings is 2. The number of hydrogen-bond donors (Lipinski definition) is 2. The normalized spacial score (nSPS) is 14.2. The first-order valence-electron chi connectivity index (χ1n) is 19.2. The lowest BCUT2D eigenvalue weighted by Gasteiger charge is -2.36. The molecule has 0 bridgehead atoms. The maximum absolute atomic E-state index is 12.6. The molecule has 0 spiro atoms. The molecular weight excluding hydrogens is 681 g/mol. The summed E-state index contributed by atoms with van der Waals surface area (Å²) >= 11 is 5.55. The second-order valence-electron chi connectivity index (χ2n) is 12.8. The van der Waals surface area contributed by atoms with Crippen LogP contribution in [0.15, 0.2) is 42.5 Å². The van der Waals surface area contributed by atoms with Gasteiger partial charge in [-0.25, -0.2) is 4.39 Å². The number of carbonyl (C=O) groups excluding carboxylic acids is 3. The number of anilines is 2. The van der Waals surface area contributed by atoms with Gasteiger partial charge < -0.3 is 35.3 Å². The highest BCUT2D eigenvalue weighted by Gasteiger charge is 2.26. The van der Waals surface area contributed by atoms with E-state index in [-0.39, 0.29) is 28.4 Å². The molecule has 0 unspecified atom stereocenters. The number of rotatable bonds is 13. The molecule has 52 heavy (non-hydrogen) atoms. The van der Waals surface area contributed by atoms with Crippen LogP contribution in [0.4, 0.5) is 15.8 Å². The Morgan fingerprint density at radius 3 is 1.94 bits per heavy atom. The molecule has 2 aliphatic rings. The van der Waals surface area contributed by atoms with E-state index < -0.39 is 5.82 Å². The van der Waals surface area contributed by atoms with Gasteiger partial charge >= 0.3 is 0 Å². The fraction of sp³-hybridized carbons (Fsp3) is 0.634. The van der Waals surface area contributed by atoms with Crippen LogP contribution in [-0.4, -0.2) is 97.9 Å². The van der Waals surface area contributed by atoms with E-state index in [9.17, 15) is 18.8 Å². The van der Waals surface area contributed by atoms with E-state index in [4.69, 9.17) is 22.1 Å². The van der Waals surface area contributed by atoms with Gasteiger partial charge in [0.2, 0.25) is 12.3 Å². The van der Waals surface area contributed by atoms with E-state index in [0.29, 0.717) is 25.9 Å². The first kappa shape index (κ1) is 48.8. The van der Waals surface area contributed by atoms with Gasteiger partial charge in [0.25, 0.3) is 0 Å². The van der Waals surface area contributed by atoms with Crippen LogP contribution in [0.3, 0.4) is 0 Å². The summed E-state index contributed by atoms with van der Waals surface area (Å²) in [5, 5.41) is 3.30. The Morgan fingerprint density at radius 1 is 0.942 bits per heavy atom. The van der Waals surface area contributed by atoms with Crippen LogP contribution in [0, 0.1) is 12.7 Å². The summed E-state index contributed by atoms with van der Waals surface area (Å²) in [6, 6.07) is 14.1. The van der Waals surface area contributed by atoms with Crippen LogP contribution in [0.2, 0.25) is 5.02 Å². The Kier molecular flexibility index (Phi) is 28.4. The Balaban J connectivity index is 0.000000688. The lowest BCUT2D eigenvalue weighted by atomic mass is 10.0. The summed E-state index contributed by atoms with van der Waals surface area (Å²) in [5.41, 5.74) is 7.20. The number of piperidine rings is 1. The number of ether oxygens (including phenoxy) is 1. The van der Waals surface area contributed by atoms with Crippen molar-refractivity contribution in [3.05, 3.63) is 58.9 Å². The molecular formula is C41H69ClFN5O4. The van der Waals surface area contributed by atoms with Crippen LogP contribution in [0.5, 0.6) is 0 Å². The van der Waals surface area contributed by atoms with Gasteiger partial charge in [-0.05, 0) is 102 Å². The monoisotopic (exact) mass is 750 g/mol. The van der Waals surface area contributed by atoms with Gasteiger partial charge in [-0.15, -0.1) is 0 Å². The molecule has 0 atom stereocenters. The van der Waals surface area contributed by atoms with Crippen molar-refractivity contribution in [2.75, 3.05) is 64.0 Å². The third-order valence-corrected chi connectivity index (χ3v) is 8.92. The molecule has 296 valence electrons. The molecule has 2 saturated heterocycles. The van der Waals surface area contributed by atoms with Crippen molar-refractivity contribution < 1.29 is 23.5 Å². The lowest BCUT2D eigenvalue weighted by Crippen LogP contribution is -2.46. The Morgan fingerprint density at radius 2 is 1.50 bits per heavy atom. The summed E-state index contributed by atoms with van der Waals surface area (Å²) in [4.78, 5) is 40.0. The minimum Gasteiger partial charge on any atom is -0.395 e. The van der Waals surface area contributed by atoms with Crippen molar-refractivity contribution in [3.8, 4) is 0 Å². The highest BCUT2D eigenvalue weighted by molar-refractivity contribution is 6.33. The molecule has 2 aromatic rings. The quantitative estimate of drug-likeness (QED) is 0.156. The number of nitrogens with one attached hydrogen (secondary N) is 1. The van der Waals surface area contributed by atoms with Gasteiger partial charge in [0.05, 0.1) is 10.7 Å². The van der Waals surface area contributed by atoms with Gasteiger partial charge in [-0.3, -0.25) is 9.59 Å². The Labute approximate surface area is 319 Å². The first-order chi connectivity index (χ1) is 25.0. The van der Waals surface area contributed by atoms with Crippen molar-refractivity contribution in [3.63, 3.8) is 0 Å². The van der Waals surface area contributed by atoms with E-state index in [1.165, 1.54) is 51.8 Å². The summed E-state index contributed by atoms with van der Waals surface area (Å²) in [7, 11) is 1.91. The zero-order valence-electron chi connectivity index (χ0n) is 33.4. The molecule has 0 aliphatic carbocycles. The molecule has 0 radical (unpaired) electrons. The largest absolute Gasteiger partial charge is 0.395 e. The average Bonchev–Trinajstić information content (AvgIpc) is 3.17. The average molecular weight is 750 g/mol. The summed E-state index contributed by atoms with van der Waals surface area (Å²) in [6.45, 7) is 20.5. The maximum atomic E-state index is 12.6. The number of halogens is 2. The molecule has 2 amide bonds. The van der Waals surface area contributed by atoms with E-state index in [1.54, 1.807) is 13.0 Å². The summed E-state index contributed by atoms with van der Waals surface area (Å²) in [5.74, 6) is -0.342. The van der Waals surface area contributed by atoms with Gasteiger partial charge in [-0.2, -0.15) is 0 Å². The molecule has 4 rings (SSSR count). The highest BCUT2D eigenvalue weighted by Crippen LogP contribution is 2.23. The molecule has 2 fully saturated rings. The second-order valence-corrected chi connectivity index (χ2v) is 13.2. The highest BCUT2D eigenvalue weighted by atomic mass is 35.5. The second kappa shape index (κ2) is 30.3. The minimum atomic E-state index is -0.454. The SMILES string of the molecule is CC.CCCN(C=O)C1CCN(C(=O)CCC(C)=O)CC1.CCCN(CCC)C1CCOCC1.CNc1ccccc1.Cc1cc(F)c(N)c(Cl)c1. The molecule has 11 heteroatoms. The standard InChI is InChI=1S/C14H24N2O3.C11H23NO.C7H7ClFN.C7H9N.C2H6/c1-3-8-16(11-17)13-6-9-15(10-7-13)14(19)5-4-12(2)18;1-3-7-12(8-4-2)11-5-9-13-10-6-11;1-4-2-5(8)7(10)6(9)3-4;1-8-7-5-3-2-4-6-7;1-2/h11,13H,3-10H2,1-2H3;11H,3-10H2,1-2H3;2-3H,10H2,1H3;2-6,8H,1H3;1-2H3. The Hall–Kier alpha value is -3.21. The van der Waals surface area contributed by atoms with Crippen LogP contribution >= 0.6 is 11.6 Å². The van der Waals surface area contributed by atoms with Crippen molar-refractivity contribution in [1.29, 1.82) is 0 Å². The molecule has 0 aromatic heterocycles. The van der Waals surface area contributed by atoms with Crippen LogP contribution < -0.4 is 11.1 Å². The van der Waals surface area contributed by atoms with Gasteiger partial charge in [0.15, 0.2) is 0 Å². The molecule has 3 N–H and O–H groups in total. The molecule has 2 heterocycles. The third kappa shape index (κ3) is 20.7. The predicted molar refractivity (Wildman–Crippen MR) is 216 cm³/mol. The lowest BCUT2D eigenvalue weighted by molar-refractivity contribution is -0.134. The smallest absolute Gasteiger partial charge is 0.223 e. The molecule has 2 aromatic carbocycles. The van der Waals surface area contributed by atoms with Crippen molar-refractivity contribution in [2.45, 2.75) is 118 Å². The number of likely N-dealkylation sites (tertiary alicyclic amines) is 1. The van der Waals surface area contributed by atoms with E-state index >= 15 is 0 Å². The zero-order valence-corrected chi connectivity index (χ0v) is 34.2. The van der Waals surface area contributed by atoms with Crippen molar-refractivity contribution in [1.82, 2.24) is 14.7 Å². The first-order valence-corrected chi connectivity index (χ1v) is 19.6. The number of nitrogen functional groups attached to an aromatic ring is 1. The van der Waals surface area contributed by atoms with E-state index in [0.717, 1.165) is 62.7 Å². The topological polar surface area (TPSA) is 108 Å². The predicted octanol–water partition coefficient (Wildman–Crippen LogP) is 8.63. The fourth-order valence-electron chi connectivity index (χ4n) is 5.89.